The Morgan fingerprint density at radius 3 is 1.09 bits per heavy atom. The van der Waals surface area contributed by atoms with Gasteiger partial charge in [-0.2, -0.15) is 0 Å². The van der Waals surface area contributed by atoms with Gasteiger partial charge in [0.05, 0.1) is 12.0 Å². The monoisotopic (exact) mass is 602 g/mol. The topological polar surface area (TPSA) is 19.7 Å². The van der Waals surface area contributed by atoms with Gasteiger partial charge in [-0.15, -0.1) is 0 Å². The molecule has 0 aliphatic carbocycles. The molecule has 2 heteroatoms. The van der Waals surface area contributed by atoms with Gasteiger partial charge in [0.25, 0.3) is 5.82 Å². The molecule has 0 radical (unpaired) electrons. The quantitative estimate of drug-likeness (QED) is 0.0599. The van der Waals surface area contributed by atoms with Crippen LogP contribution in [0.3, 0.4) is 0 Å². The minimum absolute atomic E-state index is 0.619. The number of hydrogen-bond donors (Lipinski definition) is 1. The molecule has 0 amide bonds. The Kier molecular flexibility index (Phi) is 29.2. The van der Waals surface area contributed by atoms with E-state index in [9.17, 15) is 0 Å². The van der Waals surface area contributed by atoms with Crippen LogP contribution in [0.1, 0.15) is 251 Å². The normalized spacial score (nSPS) is 13.1. The molecular formula is C41H81N2+. The van der Waals surface area contributed by atoms with Crippen molar-refractivity contribution < 1.29 is 4.57 Å². The highest BCUT2D eigenvalue weighted by molar-refractivity contribution is 4.90. The van der Waals surface area contributed by atoms with E-state index >= 15 is 0 Å². The Balaban J connectivity index is 2.35. The fourth-order valence-corrected chi connectivity index (χ4v) is 7.13. The van der Waals surface area contributed by atoms with Crippen LogP contribution in [0.15, 0.2) is 12.4 Å². The van der Waals surface area contributed by atoms with Crippen molar-refractivity contribution in [2.24, 2.45) is 0 Å². The first-order chi connectivity index (χ1) is 21.2. The van der Waals surface area contributed by atoms with E-state index in [-0.39, 0.29) is 0 Å². The van der Waals surface area contributed by atoms with Crippen LogP contribution >= 0.6 is 0 Å². The van der Waals surface area contributed by atoms with Crippen LogP contribution in [0.5, 0.6) is 0 Å². The maximum absolute atomic E-state index is 3.75. The summed E-state index contributed by atoms with van der Waals surface area (Å²) >= 11 is 0. The molecule has 2 unspecified atom stereocenters. The number of unbranched alkanes of at least 4 members (excludes halogenated alkanes) is 26. The van der Waals surface area contributed by atoms with Crippen molar-refractivity contribution in [3.63, 3.8) is 0 Å². The maximum atomic E-state index is 3.75. The van der Waals surface area contributed by atoms with Crippen molar-refractivity contribution in [1.29, 1.82) is 0 Å². The van der Waals surface area contributed by atoms with Crippen molar-refractivity contribution in [1.82, 2.24) is 4.98 Å². The third-order valence-corrected chi connectivity index (χ3v) is 10.1. The van der Waals surface area contributed by atoms with Crippen molar-refractivity contribution in [3.05, 3.63) is 18.2 Å². The lowest BCUT2D eigenvalue weighted by Crippen LogP contribution is -2.41. The number of rotatable bonds is 34. The second kappa shape index (κ2) is 31.2. The lowest BCUT2D eigenvalue weighted by atomic mass is 9.92. The smallest absolute Gasteiger partial charge is 0.247 e. The highest BCUT2D eigenvalue weighted by Crippen LogP contribution is 2.27. The van der Waals surface area contributed by atoms with Gasteiger partial charge in [0.1, 0.15) is 12.4 Å². The number of aromatic amines is 1. The molecule has 1 N–H and O–H groups in total. The van der Waals surface area contributed by atoms with Crippen LogP contribution in [0, 0.1) is 0 Å². The largest absolute Gasteiger partial charge is 0.257 e. The number of imidazole rings is 1. The summed E-state index contributed by atoms with van der Waals surface area (Å²) in [7, 11) is 0. The number of hydrogen-bond acceptors (Lipinski definition) is 0. The SMILES string of the molecule is CCCCCCCCCCCCCCCC(C)[n+]1cc[nH]c1C(CCCCCCCC)CCCCCCCCCCCC. The molecule has 2 nitrogen and oxygen atoms in total. The minimum Gasteiger partial charge on any atom is -0.247 e. The number of H-pyrrole nitrogens is 1. The van der Waals surface area contributed by atoms with Crippen molar-refractivity contribution in [2.75, 3.05) is 0 Å². The van der Waals surface area contributed by atoms with Gasteiger partial charge >= 0.3 is 0 Å². The molecule has 0 saturated heterocycles. The molecule has 0 bridgehead atoms. The van der Waals surface area contributed by atoms with Gasteiger partial charge < -0.3 is 0 Å². The van der Waals surface area contributed by atoms with E-state index in [0.717, 1.165) is 0 Å². The number of nitrogens with one attached hydrogen (secondary N) is 1. The van der Waals surface area contributed by atoms with E-state index in [4.69, 9.17) is 0 Å². The number of aromatic nitrogens is 2. The van der Waals surface area contributed by atoms with E-state index in [0.29, 0.717) is 12.0 Å². The summed E-state index contributed by atoms with van der Waals surface area (Å²) in [5.74, 6) is 2.25. The first kappa shape index (κ1) is 40.2. The summed E-state index contributed by atoms with van der Waals surface area (Å²) in [4.78, 5) is 3.75. The van der Waals surface area contributed by atoms with E-state index in [1.165, 1.54) is 211 Å². The van der Waals surface area contributed by atoms with E-state index in [2.05, 4.69) is 49.6 Å². The Bertz CT molecular complexity index is 664. The molecule has 0 saturated carbocycles. The summed E-state index contributed by atoms with van der Waals surface area (Å²) in [5.41, 5.74) is 0. The molecule has 0 aliphatic heterocycles. The summed E-state index contributed by atoms with van der Waals surface area (Å²) in [6, 6.07) is 0.619. The Morgan fingerprint density at radius 1 is 0.442 bits per heavy atom. The molecule has 43 heavy (non-hydrogen) atoms. The number of nitrogens with zero attached hydrogens (tertiary/aromatic N) is 1. The Hall–Kier alpha value is -0.790. The second-order valence-electron chi connectivity index (χ2n) is 14.4. The van der Waals surface area contributed by atoms with Crippen LogP contribution < -0.4 is 4.57 Å². The molecule has 1 heterocycles. The molecular weight excluding hydrogens is 520 g/mol. The Morgan fingerprint density at radius 2 is 0.744 bits per heavy atom. The third-order valence-electron chi connectivity index (χ3n) is 10.1. The van der Waals surface area contributed by atoms with E-state index < -0.39 is 0 Å². The average molecular weight is 602 g/mol. The van der Waals surface area contributed by atoms with Gasteiger partial charge in [-0.3, -0.25) is 0 Å². The summed E-state index contributed by atoms with van der Waals surface area (Å²) in [6.45, 7) is 9.42. The van der Waals surface area contributed by atoms with Crippen LogP contribution in [0.4, 0.5) is 0 Å². The molecule has 1 aromatic rings. The first-order valence-electron chi connectivity index (χ1n) is 20.3. The Labute approximate surface area is 272 Å². The minimum atomic E-state index is 0.619. The second-order valence-corrected chi connectivity index (χ2v) is 14.4. The van der Waals surface area contributed by atoms with Gasteiger partial charge in [0.2, 0.25) is 0 Å². The van der Waals surface area contributed by atoms with Crippen molar-refractivity contribution in [2.45, 2.75) is 245 Å². The first-order valence-corrected chi connectivity index (χ1v) is 20.3. The fourth-order valence-electron chi connectivity index (χ4n) is 7.13. The van der Waals surface area contributed by atoms with Crippen molar-refractivity contribution in [3.8, 4) is 0 Å². The van der Waals surface area contributed by atoms with E-state index in [1.54, 1.807) is 0 Å². The van der Waals surface area contributed by atoms with Gasteiger partial charge in [0, 0.05) is 0 Å². The molecule has 0 aromatic carbocycles. The van der Waals surface area contributed by atoms with E-state index in [1.807, 2.05) is 0 Å². The molecule has 1 rings (SSSR count). The average Bonchev–Trinajstić information content (AvgIpc) is 3.51. The molecule has 2 atom stereocenters. The lowest BCUT2D eigenvalue weighted by Gasteiger charge is -2.17. The summed E-state index contributed by atoms with van der Waals surface area (Å²) in [5, 5.41) is 0. The zero-order chi connectivity index (χ0) is 31.1. The van der Waals surface area contributed by atoms with Crippen LogP contribution in [0.25, 0.3) is 0 Å². The summed E-state index contributed by atoms with van der Waals surface area (Å²) in [6.07, 6.45) is 50.2. The van der Waals surface area contributed by atoms with Gasteiger partial charge in [-0.05, 0) is 32.6 Å². The fraction of sp³-hybridized carbons (Fsp3) is 0.927. The molecule has 0 fully saturated rings. The predicted octanol–water partition coefficient (Wildman–Crippen LogP) is 14.5. The van der Waals surface area contributed by atoms with Gasteiger partial charge in [-0.1, -0.05) is 201 Å². The van der Waals surface area contributed by atoms with Crippen molar-refractivity contribution >= 4 is 0 Å². The summed E-state index contributed by atoms with van der Waals surface area (Å²) < 4.78 is 2.64. The zero-order valence-electron chi connectivity index (χ0n) is 30.4. The molecule has 254 valence electrons. The molecule has 0 aliphatic rings. The van der Waals surface area contributed by atoms with Crippen LogP contribution in [-0.2, 0) is 0 Å². The van der Waals surface area contributed by atoms with Gasteiger partial charge in [0.15, 0.2) is 0 Å². The lowest BCUT2D eigenvalue weighted by molar-refractivity contribution is -0.727. The third kappa shape index (κ3) is 23.2. The zero-order valence-corrected chi connectivity index (χ0v) is 30.4. The predicted molar refractivity (Wildman–Crippen MR) is 193 cm³/mol. The molecule has 0 spiro atoms. The van der Waals surface area contributed by atoms with Gasteiger partial charge in [-0.25, -0.2) is 9.55 Å². The maximum Gasteiger partial charge on any atom is 0.257 e. The van der Waals surface area contributed by atoms with Crippen LogP contribution in [0.2, 0.25) is 0 Å². The standard InChI is InChI=1S/C41H80N2/c1-5-8-11-14-17-19-21-22-23-24-26-28-31-34-39(4)43-38-37-42-41(43)40(35-32-29-16-13-10-7-3)36-33-30-27-25-20-18-15-12-9-6-2/h37-40H,5-36H2,1-4H3/p+1. The molecule has 1 aromatic heterocycles. The highest BCUT2D eigenvalue weighted by Gasteiger charge is 2.25. The highest BCUT2D eigenvalue weighted by atomic mass is 15.1. The van der Waals surface area contributed by atoms with Crippen LogP contribution in [-0.4, -0.2) is 4.98 Å².